The number of hydrogen-bond donors (Lipinski definition) is 3. The maximum Gasteiger partial charge on any atom is 0.469 e. The van der Waals surface area contributed by atoms with Crippen molar-refractivity contribution < 1.29 is 43.0 Å². The van der Waals surface area contributed by atoms with Crippen molar-refractivity contribution in [1.29, 1.82) is 0 Å². The molecule has 0 bridgehead atoms. The summed E-state index contributed by atoms with van der Waals surface area (Å²) in [4.78, 5) is 42.8. The van der Waals surface area contributed by atoms with E-state index in [-0.39, 0.29) is 25.6 Å². The van der Waals surface area contributed by atoms with Crippen LogP contribution >= 0.6 is 7.82 Å². The van der Waals surface area contributed by atoms with Gasteiger partial charge in [-0.1, -0.05) is 132 Å². The van der Waals surface area contributed by atoms with E-state index in [2.05, 4.69) is 72.2 Å². The summed E-state index contributed by atoms with van der Waals surface area (Å²) < 4.78 is 26.3. The number of phosphoric acid groups is 1. The van der Waals surface area contributed by atoms with Crippen molar-refractivity contribution in [2.75, 3.05) is 13.2 Å². The molecule has 0 radical (unpaired) electrons. The highest BCUT2D eigenvalue weighted by atomic mass is 31.2. The van der Waals surface area contributed by atoms with Gasteiger partial charge in [-0.15, -0.1) is 0 Å². The van der Waals surface area contributed by atoms with Gasteiger partial charge < -0.3 is 24.4 Å². The molecule has 9 nitrogen and oxygen atoms in total. The normalized spacial score (nSPS) is 13.8. The van der Waals surface area contributed by atoms with Gasteiger partial charge in [0.2, 0.25) is 0 Å². The zero-order chi connectivity index (χ0) is 39.1. The standard InChI is InChI=1S/C43H73O9P/c1-3-5-6-7-8-9-10-11-12-13-14-18-21-24-27-30-33-36-42(45)50-38-41(39-51-53(47,48)49)52-43(46)37-34-31-28-25-22-19-16-15-17-20-23-26-29-32-35-40(44)4-2/h8-9,11-12,16-17,19-20,25-26,28-29,40-41,44H,3-7,10,13-15,18,21-24,27,30-39H2,1-2H3,(H2,47,48,49)/b9-8-,12-11-,19-16-,20-17-,28-25-,29-26-/t40-,41-/m1/s1. The van der Waals surface area contributed by atoms with Crippen LogP contribution in [0.3, 0.4) is 0 Å². The first-order valence-corrected chi connectivity index (χ1v) is 21.8. The largest absolute Gasteiger partial charge is 0.469 e. The molecule has 304 valence electrons. The summed E-state index contributed by atoms with van der Waals surface area (Å²) in [6.07, 6.45) is 45.7. The average molecular weight is 765 g/mol. The molecule has 0 unspecified atom stereocenters. The molecule has 0 saturated heterocycles. The fourth-order valence-electron chi connectivity index (χ4n) is 5.14. The second kappa shape index (κ2) is 37.8. The van der Waals surface area contributed by atoms with Gasteiger partial charge in [-0.25, -0.2) is 4.57 Å². The number of carbonyl (C=O) groups is 2. The highest BCUT2D eigenvalue weighted by molar-refractivity contribution is 7.46. The summed E-state index contributed by atoms with van der Waals surface area (Å²) in [5.74, 6) is -0.984. The molecular formula is C43H73O9P. The molecule has 0 rings (SSSR count). The number of aliphatic hydroxyl groups is 1. The van der Waals surface area contributed by atoms with Crippen LogP contribution in [0.25, 0.3) is 0 Å². The summed E-state index contributed by atoms with van der Waals surface area (Å²) in [5, 5.41) is 9.54. The van der Waals surface area contributed by atoms with Crippen molar-refractivity contribution in [3.05, 3.63) is 72.9 Å². The first-order chi connectivity index (χ1) is 25.7. The van der Waals surface area contributed by atoms with Gasteiger partial charge >= 0.3 is 19.8 Å². The number of ether oxygens (including phenoxy) is 2. The summed E-state index contributed by atoms with van der Waals surface area (Å²) >= 11 is 0. The van der Waals surface area contributed by atoms with Crippen molar-refractivity contribution >= 4 is 19.8 Å². The SMILES string of the molecule is CCCCC/C=C\C/C=C\CCCCCCCCCC(=O)OC[C@H](COP(=O)(O)O)OC(=O)CCC/C=C\C/C=C\C/C=C\C/C=C\CC[C@H](O)CC. The van der Waals surface area contributed by atoms with E-state index in [9.17, 15) is 19.3 Å². The fraction of sp³-hybridized carbons (Fsp3) is 0.674. The van der Waals surface area contributed by atoms with Gasteiger partial charge in [0, 0.05) is 12.8 Å². The summed E-state index contributed by atoms with van der Waals surface area (Å²) in [5.41, 5.74) is 0. The number of aliphatic hydroxyl groups excluding tert-OH is 1. The van der Waals surface area contributed by atoms with Crippen LogP contribution in [0.1, 0.15) is 162 Å². The van der Waals surface area contributed by atoms with Crippen LogP contribution in [0.15, 0.2) is 72.9 Å². The van der Waals surface area contributed by atoms with Crippen LogP contribution < -0.4 is 0 Å². The maximum absolute atomic E-state index is 12.4. The third kappa shape index (κ3) is 40.5. The zero-order valence-corrected chi connectivity index (χ0v) is 33.9. The van der Waals surface area contributed by atoms with Gasteiger partial charge in [0.15, 0.2) is 6.10 Å². The van der Waals surface area contributed by atoms with Crippen molar-refractivity contribution in [1.82, 2.24) is 0 Å². The molecule has 3 N–H and O–H groups in total. The highest BCUT2D eigenvalue weighted by Crippen LogP contribution is 2.36. The lowest BCUT2D eigenvalue weighted by Gasteiger charge is -2.18. The zero-order valence-electron chi connectivity index (χ0n) is 33.0. The molecule has 10 heteroatoms. The van der Waals surface area contributed by atoms with Crippen LogP contribution in [0, 0.1) is 0 Å². The molecule has 0 aromatic rings. The molecule has 0 amide bonds. The first kappa shape index (κ1) is 50.5. The predicted octanol–water partition coefficient (Wildman–Crippen LogP) is 11.3. The quantitative estimate of drug-likeness (QED) is 0.0246. The molecule has 0 aromatic carbocycles. The Morgan fingerprint density at radius 2 is 1.02 bits per heavy atom. The van der Waals surface area contributed by atoms with E-state index in [4.69, 9.17) is 19.3 Å². The Bertz CT molecular complexity index is 1100. The molecular weight excluding hydrogens is 691 g/mol. The lowest BCUT2D eigenvalue weighted by Crippen LogP contribution is -2.29. The van der Waals surface area contributed by atoms with Crippen LogP contribution in [0.4, 0.5) is 0 Å². The Morgan fingerprint density at radius 1 is 0.566 bits per heavy atom. The Balaban J connectivity index is 4.07. The minimum absolute atomic E-state index is 0.118. The van der Waals surface area contributed by atoms with Gasteiger partial charge in [0.1, 0.15) is 6.61 Å². The molecule has 0 saturated carbocycles. The minimum Gasteiger partial charge on any atom is -0.462 e. The Hall–Kier alpha value is -2.55. The van der Waals surface area contributed by atoms with Crippen LogP contribution in [-0.2, 0) is 28.2 Å². The number of carbonyl (C=O) groups excluding carboxylic acids is 2. The maximum atomic E-state index is 12.4. The van der Waals surface area contributed by atoms with Crippen LogP contribution in [-0.4, -0.2) is 52.3 Å². The van der Waals surface area contributed by atoms with Crippen molar-refractivity contribution in [2.24, 2.45) is 0 Å². The number of hydrogen-bond acceptors (Lipinski definition) is 7. The third-order valence-electron chi connectivity index (χ3n) is 8.36. The molecule has 0 spiro atoms. The van der Waals surface area contributed by atoms with E-state index in [0.29, 0.717) is 19.3 Å². The number of unbranched alkanes of at least 4 members (excludes halogenated alkanes) is 11. The summed E-state index contributed by atoms with van der Waals surface area (Å²) in [6.45, 7) is 3.32. The van der Waals surface area contributed by atoms with Crippen molar-refractivity contribution in [2.45, 2.75) is 174 Å². The monoisotopic (exact) mass is 764 g/mol. The molecule has 0 aromatic heterocycles. The van der Waals surface area contributed by atoms with E-state index in [1.807, 2.05) is 19.1 Å². The summed E-state index contributed by atoms with van der Waals surface area (Å²) in [6, 6.07) is 0. The molecule has 0 aliphatic carbocycles. The van der Waals surface area contributed by atoms with Gasteiger partial charge in [-0.2, -0.15) is 0 Å². The molecule has 0 aliphatic rings. The van der Waals surface area contributed by atoms with Gasteiger partial charge in [-0.3, -0.25) is 14.1 Å². The van der Waals surface area contributed by atoms with E-state index < -0.39 is 32.5 Å². The molecule has 53 heavy (non-hydrogen) atoms. The third-order valence-corrected chi connectivity index (χ3v) is 8.85. The smallest absolute Gasteiger partial charge is 0.462 e. The van der Waals surface area contributed by atoms with Gasteiger partial charge in [0.25, 0.3) is 0 Å². The van der Waals surface area contributed by atoms with Crippen LogP contribution in [0.2, 0.25) is 0 Å². The number of rotatable bonds is 36. The molecule has 2 atom stereocenters. The second-order valence-corrected chi connectivity index (χ2v) is 14.6. The fourth-order valence-corrected chi connectivity index (χ4v) is 5.50. The number of esters is 2. The first-order valence-electron chi connectivity index (χ1n) is 20.3. The Labute approximate surface area is 322 Å². The van der Waals surface area contributed by atoms with E-state index >= 15 is 0 Å². The van der Waals surface area contributed by atoms with Crippen molar-refractivity contribution in [3.8, 4) is 0 Å². The van der Waals surface area contributed by atoms with E-state index in [1.165, 1.54) is 44.9 Å². The van der Waals surface area contributed by atoms with Crippen LogP contribution in [0.5, 0.6) is 0 Å². The molecule has 0 aliphatic heterocycles. The average Bonchev–Trinajstić information content (AvgIpc) is 3.13. The van der Waals surface area contributed by atoms with E-state index in [1.54, 1.807) is 0 Å². The van der Waals surface area contributed by atoms with Gasteiger partial charge in [-0.05, 0) is 89.9 Å². The number of allylic oxidation sites excluding steroid dienone is 12. The number of phosphoric ester groups is 1. The molecule has 0 heterocycles. The van der Waals surface area contributed by atoms with Crippen molar-refractivity contribution in [3.63, 3.8) is 0 Å². The summed E-state index contributed by atoms with van der Waals surface area (Å²) in [7, 11) is -4.78. The Morgan fingerprint density at radius 3 is 1.55 bits per heavy atom. The minimum atomic E-state index is -4.78. The highest BCUT2D eigenvalue weighted by Gasteiger charge is 2.22. The molecule has 0 fully saturated rings. The Kier molecular flexibility index (Phi) is 35.9. The van der Waals surface area contributed by atoms with Gasteiger partial charge in [0.05, 0.1) is 12.7 Å². The second-order valence-electron chi connectivity index (χ2n) is 13.4. The van der Waals surface area contributed by atoms with E-state index in [0.717, 1.165) is 70.6 Å². The predicted molar refractivity (Wildman–Crippen MR) is 217 cm³/mol. The lowest BCUT2D eigenvalue weighted by molar-refractivity contribution is -0.161. The topological polar surface area (TPSA) is 140 Å². The lowest BCUT2D eigenvalue weighted by atomic mass is 10.1.